The van der Waals surface area contributed by atoms with Gasteiger partial charge in [-0.2, -0.15) is 0 Å². The molecule has 0 radical (unpaired) electrons. The van der Waals surface area contributed by atoms with Gasteiger partial charge in [0.05, 0.1) is 12.1 Å². The minimum atomic E-state index is -0.511. The molecule has 0 aliphatic heterocycles. The van der Waals surface area contributed by atoms with Gasteiger partial charge in [-0.3, -0.25) is 19.2 Å². The summed E-state index contributed by atoms with van der Waals surface area (Å²) in [5.41, 5.74) is 22.4. The van der Waals surface area contributed by atoms with Crippen molar-refractivity contribution in [1.82, 2.24) is 21.3 Å². The van der Waals surface area contributed by atoms with E-state index in [1.807, 2.05) is 6.92 Å². The van der Waals surface area contributed by atoms with Crippen molar-refractivity contribution in [3.8, 4) is 0 Å². The van der Waals surface area contributed by atoms with Crippen LogP contribution in [0.3, 0.4) is 0 Å². The van der Waals surface area contributed by atoms with Crippen LogP contribution in [0.5, 0.6) is 0 Å². The molecule has 0 aromatic carbocycles. The molecule has 3 atom stereocenters. The SMILES string of the molecule is CC(CCC(=O)NCCSSCCNC(=O)C(N)CCCN)C(=O)NCCSSCCNC(=O)C(N)CCCN. The van der Waals surface area contributed by atoms with Gasteiger partial charge in [-0.1, -0.05) is 50.1 Å². The molecule has 0 aliphatic rings. The fourth-order valence-corrected chi connectivity index (χ4v) is 6.68. The summed E-state index contributed by atoms with van der Waals surface area (Å²) in [6.07, 6.45) is 3.42. The normalized spacial score (nSPS) is 13.2. The highest BCUT2D eigenvalue weighted by molar-refractivity contribution is 8.77. The molecule has 16 heteroatoms. The fourth-order valence-electron chi connectivity index (χ4n) is 3.06. The summed E-state index contributed by atoms with van der Waals surface area (Å²) in [5.74, 6) is 2.33. The Kier molecular flexibility index (Phi) is 26.4. The van der Waals surface area contributed by atoms with Gasteiger partial charge in [0.1, 0.15) is 0 Å². The highest BCUT2D eigenvalue weighted by Gasteiger charge is 2.15. The Morgan fingerprint density at radius 3 is 1.38 bits per heavy atom. The zero-order valence-electron chi connectivity index (χ0n) is 23.6. The molecule has 0 saturated carbocycles. The van der Waals surface area contributed by atoms with Gasteiger partial charge in [-0.25, -0.2) is 0 Å². The summed E-state index contributed by atoms with van der Waals surface area (Å²) >= 11 is 0. The van der Waals surface area contributed by atoms with Gasteiger partial charge in [-0.15, -0.1) is 0 Å². The number of nitrogens with two attached hydrogens (primary N) is 4. The van der Waals surface area contributed by atoms with Crippen molar-refractivity contribution in [2.45, 2.75) is 57.5 Å². The molecule has 0 aromatic heterocycles. The summed E-state index contributed by atoms with van der Waals surface area (Å²) in [5, 5.41) is 11.4. The molecular weight excluding hydrogens is 593 g/mol. The minimum Gasteiger partial charge on any atom is -0.355 e. The third-order valence-corrected chi connectivity index (χ3v) is 10.3. The van der Waals surface area contributed by atoms with Gasteiger partial charge in [0.15, 0.2) is 0 Å². The summed E-state index contributed by atoms with van der Waals surface area (Å²) in [6.45, 7) is 5.05. The fraction of sp³-hybridized carbons (Fsp3) is 0.833. The van der Waals surface area contributed by atoms with Crippen molar-refractivity contribution in [2.24, 2.45) is 28.9 Å². The third-order valence-electron chi connectivity index (χ3n) is 5.49. The molecule has 0 fully saturated rings. The number of carbonyl (C=O) groups excluding carboxylic acids is 4. The smallest absolute Gasteiger partial charge is 0.236 e. The van der Waals surface area contributed by atoms with Gasteiger partial charge in [0.25, 0.3) is 0 Å². The number of hydrogen-bond donors (Lipinski definition) is 8. The van der Waals surface area contributed by atoms with Crippen molar-refractivity contribution in [3.63, 3.8) is 0 Å². The number of hydrogen-bond acceptors (Lipinski definition) is 12. The average molecular weight is 643 g/mol. The van der Waals surface area contributed by atoms with Crippen LogP contribution in [0.1, 0.15) is 45.4 Å². The van der Waals surface area contributed by atoms with E-state index in [9.17, 15) is 19.2 Å². The first-order valence-corrected chi connectivity index (χ1v) is 18.7. The predicted molar refractivity (Wildman–Crippen MR) is 173 cm³/mol. The maximum absolute atomic E-state index is 12.2. The van der Waals surface area contributed by atoms with Gasteiger partial charge in [-0.05, 0) is 45.2 Å². The maximum Gasteiger partial charge on any atom is 0.236 e. The summed E-state index contributed by atoms with van der Waals surface area (Å²) in [4.78, 5) is 47.9. The number of rotatable bonds is 26. The van der Waals surface area contributed by atoms with Crippen LogP contribution in [0.2, 0.25) is 0 Å². The molecule has 234 valence electrons. The first kappa shape index (κ1) is 39.1. The van der Waals surface area contributed by atoms with Crippen molar-refractivity contribution in [3.05, 3.63) is 0 Å². The molecule has 0 bridgehead atoms. The zero-order chi connectivity index (χ0) is 30.0. The van der Waals surface area contributed by atoms with Crippen molar-refractivity contribution in [2.75, 3.05) is 62.3 Å². The lowest BCUT2D eigenvalue weighted by Gasteiger charge is -2.12. The van der Waals surface area contributed by atoms with Crippen LogP contribution >= 0.6 is 43.2 Å². The number of carbonyl (C=O) groups is 4. The van der Waals surface area contributed by atoms with E-state index in [2.05, 4.69) is 21.3 Å². The van der Waals surface area contributed by atoms with Gasteiger partial charge < -0.3 is 44.2 Å². The van der Waals surface area contributed by atoms with Crippen LogP contribution in [0, 0.1) is 5.92 Å². The Hall–Kier alpha value is -0.880. The molecular formula is C24H50N8O4S4. The molecule has 12 N–H and O–H groups in total. The molecule has 4 amide bonds. The second kappa shape index (κ2) is 27.0. The van der Waals surface area contributed by atoms with Crippen molar-refractivity contribution >= 4 is 66.8 Å². The monoisotopic (exact) mass is 642 g/mol. The first-order chi connectivity index (χ1) is 19.2. The van der Waals surface area contributed by atoms with Crippen LogP contribution in [-0.2, 0) is 19.2 Å². The van der Waals surface area contributed by atoms with Crippen LogP contribution in [0.4, 0.5) is 0 Å². The minimum absolute atomic E-state index is 0.0588. The Balaban J connectivity index is 3.64. The van der Waals surface area contributed by atoms with Gasteiger partial charge in [0.2, 0.25) is 23.6 Å². The predicted octanol–water partition coefficient (Wildman–Crippen LogP) is -0.237. The van der Waals surface area contributed by atoms with E-state index in [1.54, 1.807) is 43.2 Å². The third kappa shape index (κ3) is 22.8. The summed E-state index contributed by atoms with van der Waals surface area (Å²) < 4.78 is 0. The lowest BCUT2D eigenvalue weighted by Crippen LogP contribution is -2.41. The standard InChI is InChI=1S/C24H50N8O4S4/c1-18(22(34)30-11-15-38-40-17-13-32-24(36)20(28)5-3-9-26)6-7-21(33)29-10-14-37-39-16-12-31-23(35)19(27)4-2-8-25/h18-20H,2-17,25-28H2,1H3,(H,29,33)(H,30,34)(H,31,35)(H,32,36). The first-order valence-electron chi connectivity index (χ1n) is 13.7. The lowest BCUT2D eigenvalue weighted by molar-refractivity contribution is -0.125. The van der Waals surface area contributed by atoms with E-state index >= 15 is 0 Å². The van der Waals surface area contributed by atoms with Crippen molar-refractivity contribution < 1.29 is 19.2 Å². The van der Waals surface area contributed by atoms with E-state index in [0.717, 1.165) is 35.9 Å². The van der Waals surface area contributed by atoms with E-state index in [-0.39, 0.29) is 29.5 Å². The quantitative estimate of drug-likeness (QED) is 0.0453. The van der Waals surface area contributed by atoms with Crippen LogP contribution in [-0.4, -0.2) is 98.0 Å². The van der Waals surface area contributed by atoms with Crippen LogP contribution in [0.15, 0.2) is 0 Å². The molecule has 0 aromatic rings. The number of nitrogens with one attached hydrogen (secondary N) is 4. The highest BCUT2D eigenvalue weighted by atomic mass is 33.1. The summed E-state index contributed by atoms with van der Waals surface area (Å²) in [7, 11) is 6.51. The molecule has 40 heavy (non-hydrogen) atoms. The molecule has 0 aliphatic carbocycles. The average Bonchev–Trinajstić information content (AvgIpc) is 2.95. The number of amides is 4. The van der Waals surface area contributed by atoms with E-state index < -0.39 is 12.1 Å². The second-order valence-electron chi connectivity index (χ2n) is 9.03. The van der Waals surface area contributed by atoms with Crippen LogP contribution in [0.25, 0.3) is 0 Å². The van der Waals surface area contributed by atoms with Crippen LogP contribution < -0.4 is 44.2 Å². The lowest BCUT2D eigenvalue weighted by atomic mass is 10.0. The van der Waals surface area contributed by atoms with E-state index in [4.69, 9.17) is 22.9 Å². The Bertz CT molecular complexity index is 712. The second-order valence-corrected chi connectivity index (χ2v) is 14.4. The maximum atomic E-state index is 12.2. The molecule has 12 nitrogen and oxygen atoms in total. The van der Waals surface area contributed by atoms with Crippen molar-refractivity contribution in [1.29, 1.82) is 0 Å². The van der Waals surface area contributed by atoms with Gasteiger partial charge >= 0.3 is 0 Å². The van der Waals surface area contributed by atoms with E-state index in [0.29, 0.717) is 65.0 Å². The Morgan fingerprint density at radius 2 is 0.975 bits per heavy atom. The largest absolute Gasteiger partial charge is 0.355 e. The van der Waals surface area contributed by atoms with Gasteiger partial charge in [0, 0.05) is 61.5 Å². The Labute approximate surface area is 255 Å². The molecule has 3 unspecified atom stereocenters. The highest BCUT2D eigenvalue weighted by Crippen LogP contribution is 2.20. The summed E-state index contributed by atoms with van der Waals surface area (Å²) in [6, 6.07) is -1.02. The zero-order valence-corrected chi connectivity index (χ0v) is 26.9. The van der Waals surface area contributed by atoms with E-state index in [1.165, 1.54) is 0 Å². The molecule has 0 saturated heterocycles. The Morgan fingerprint density at radius 1 is 0.600 bits per heavy atom. The molecule has 0 spiro atoms. The molecule has 0 heterocycles. The topological polar surface area (TPSA) is 220 Å². The molecule has 0 rings (SSSR count).